The second-order valence-corrected chi connectivity index (χ2v) is 6.10. The van der Waals surface area contributed by atoms with Gasteiger partial charge >= 0.3 is 0 Å². The fourth-order valence-corrected chi connectivity index (χ4v) is 2.88. The van der Waals surface area contributed by atoms with Crippen molar-refractivity contribution in [2.45, 2.75) is 5.75 Å². The van der Waals surface area contributed by atoms with Gasteiger partial charge in [-0.15, -0.1) is 11.8 Å². The molecule has 3 nitrogen and oxygen atoms in total. The highest BCUT2D eigenvalue weighted by Crippen LogP contribution is 2.32. The van der Waals surface area contributed by atoms with Gasteiger partial charge in [0.15, 0.2) is 34.8 Å². The van der Waals surface area contributed by atoms with Crippen molar-refractivity contribution >= 4 is 17.8 Å². The van der Waals surface area contributed by atoms with E-state index in [0.29, 0.717) is 23.1 Å². The molecule has 0 heterocycles. The van der Waals surface area contributed by atoms with Crippen LogP contribution < -0.4 is 9.47 Å². The molecule has 0 fully saturated rings. The minimum Gasteiger partial charge on any atom is -0.493 e. The molecule has 0 aliphatic carbocycles. The van der Waals surface area contributed by atoms with Gasteiger partial charge in [0.1, 0.15) is 6.07 Å². The van der Waals surface area contributed by atoms with Crippen molar-refractivity contribution in [1.29, 1.82) is 5.26 Å². The molecule has 0 bridgehead atoms. The molecule has 2 aromatic rings. The summed E-state index contributed by atoms with van der Waals surface area (Å²) in [6.07, 6.45) is 0.627. The van der Waals surface area contributed by atoms with Gasteiger partial charge in [0.2, 0.25) is 5.82 Å². The second kappa shape index (κ2) is 8.77. The van der Waals surface area contributed by atoms with Crippen LogP contribution in [0.2, 0.25) is 0 Å². The lowest BCUT2D eigenvalue weighted by atomic mass is 10.1. The van der Waals surface area contributed by atoms with Gasteiger partial charge < -0.3 is 9.47 Å². The molecule has 142 valence electrons. The number of methoxy groups -OCH3 is 2. The molecular weight excluding hydrogens is 389 g/mol. The van der Waals surface area contributed by atoms with Crippen LogP contribution in [0.5, 0.6) is 11.5 Å². The van der Waals surface area contributed by atoms with E-state index in [0.717, 1.165) is 11.8 Å². The van der Waals surface area contributed by atoms with Crippen LogP contribution in [0.15, 0.2) is 23.1 Å². The Kier molecular flexibility index (Phi) is 6.69. The molecule has 0 aliphatic rings. The molecule has 0 saturated carbocycles. The maximum atomic E-state index is 13.7. The van der Waals surface area contributed by atoms with Gasteiger partial charge in [-0.25, -0.2) is 22.0 Å². The van der Waals surface area contributed by atoms with E-state index in [1.807, 2.05) is 0 Å². The maximum Gasteiger partial charge on any atom is 0.200 e. The first-order valence-corrected chi connectivity index (χ1v) is 8.29. The van der Waals surface area contributed by atoms with Gasteiger partial charge in [0, 0.05) is 5.75 Å². The van der Waals surface area contributed by atoms with Crippen LogP contribution in [0.3, 0.4) is 0 Å². The van der Waals surface area contributed by atoms with Crippen LogP contribution in [-0.4, -0.2) is 14.2 Å². The molecule has 9 heteroatoms. The second-order valence-electron chi connectivity index (χ2n) is 5.08. The summed E-state index contributed by atoms with van der Waals surface area (Å²) < 4.78 is 77.3. The Hall–Kier alpha value is -2.73. The van der Waals surface area contributed by atoms with Crippen molar-refractivity contribution in [1.82, 2.24) is 0 Å². The summed E-state index contributed by atoms with van der Waals surface area (Å²) >= 11 is 0.867. The normalized spacial score (nSPS) is 11.3. The van der Waals surface area contributed by atoms with Crippen LogP contribution in [0, 0.1) is 40.4 Å². The lowest BCUT2D eigenvalue weighted by molar-refractivity contribution is 0.354. The Balaban J connectivity index is 2.30. The number of thioether (sulfide) groups is 1. The number of hydrogen-bond acceptors (Lipinski definition) is 4. The Morgan fingerprint density at radius 1 is 0.963 bits per heavy atom. The van der Waals surface area contributed by atoms with Crippen molar-refractivity contribution < 1.29 is 31.4 Å². The average Bonchev–Trinajstić information content (AvgIpc) is 2.70. The summed E-state index contributed by atoms with van der Waals surface area (Å²) in [5, 5.41) is 9.13. The quantitative estimate of drug-likeness (QED) is 0.289. The zero-order valence-corrected chi connectivity index (χ0v) is 14.9. The lowest BCUT2D eigenvalue weighted by Crippen LogP contribution is -2.04. The van der Waals surface area contributed by atoms with Crippen molar-refractivity contribution in [2.75, 3.05) is 14.2 Å². The Labute approximate surface area is 156 Å². The first kappa shape index (κ1) is 20.6. The van der Waals surface area contributed by atoms with E-state index < -0.39 is 34.6 Å². The Morgan fingerprint density at radius 2 is 1.52 bits per heavy atom. The molecule has 0 N–H and O–H groups in total. The maximum absolute atomic E-state index is 13.7. The number of hydrogen-bond donors (Lipinski definition) is 0. The summed E-state index contributed by atoms with van der Waals surface area (Å²) in [4.78, 5) is -0.229. The number of benzene rings is 2. The zero-order valence-electron chi connectivity index (χ0n) is 14.1. The number of rotatable bonds is 6. The van der Waals surface area contributed by atoms with Crippen LogP contribution in [-0.2, 0) is 5.75 Å². The third-order valence-corrected chi connectivity index (χ3v) is 4.47. The largest absolute Gasteiger partial charge is 0.493 e. The van der Waals surface area contributed by atoms with E-state index in [-0.39, 0.29) is 10.7 Å². The zero-order chi connectivity index (χ0) is 20.1. The predicted molar refractivity (Wildman–Crippen MR) is 90.7 cm³/mol. The summed E-state index contributed by atoms with van der Waals surface area (Å²) in [5.74, 6) is -9.25. The smallest absolute Gasteiger partial charge is 0.200 e. The van der Waals surface area contributed by atoms with Crippen LogP contribution in [0.4, 0.5) is 22.0 Å². The first-order chi connectivity index (χ1) is 12.8. The van der Waals surface area contributed by atoms with E-state index in [1.54, 1.807) is 24.3 Å². The fourth-order valence-electron chi connectivity index (χ4n) is 2.12. The Morgan fingerprint density at radius 3 is 2.04 bits per heavy atom. The van der Waals surface area contributed by atoms with Gasteiger partial charge in [-0.05, 0) is 23.8 Å². The molecular formula is C18H12F5NO2S. The number of allylic oxidation sites excluding steroid dienone is 1. The number of nitrogens with zero attached hydrogens (tertiary/aromatic N) is 1. The van der Waals surface area contributed by atoms with Crippen molar-refractivity contribution in [3.8, 4) is 17.6 Å². The topological polar surface area (TPSA) is 42.2 Å². The summed E-state index contributed by atoms with van der Waals surface area (Å²) in [6.45, 7) is 0. The van der Waals surface area contributed by atoms with E-state index in [9.17, 15) is 22.0 Å². The van der Waals surface area contributed by atoms with E-state index in [2.05, 4.69) is 0 Å². The van der Waals surface area contributed by atoms with Gasteiger partial charge in [0.25, 0.3) is 0 Å². The molecule has 0 saturated heterocycles. The van der Waals surface area contributed by atoms with E-state index in [4.69, 9.17) is 14.7 Å². The van der Waals surface area contributed by atoms with Gasteiger partial charge in [-0.2, -0.15) is 5.26 Å². The molecule has 0 unspecified atom stereocenters. The first-order valence-electron chi connectivity index (χ1n) is 7.30. The van der Waals surface area contributed by atoms with Crippen molar-refractivity contribution in [2.24, 2.45) is 0 Å². The Bertz CT molecular complexity index is 911. The van der Waals surface area contributed by atoms with Crippen LogP contribution in [0.25, 0.3) is 6.08 Å². The SMILES string of the molecule is COc1ccc(CSC(C#N)=Cc2c(F)c(F)c(F)c(F)c2F)cc1OC. The molecule has 2 aromatic carbocycles. The monoisotopic (exact) mass is 401 g/mol. The molecule has 0 atom stereocenters. The number of ether oxygens (including phenoxy) is 2. The lowest BCUT2D eigenvalue weighted by Gasteiger charge is -2.09. The molecule has 0 aliphatic heterocycles. The molecule has 0 amide bonds. The number of halogens is 5. The van der Waals surface area contributed by atoms with Crippen LogP contribution in [0.1, 0.15) is 11.1 Å². The fraction of sp³-hybridized carbons (Fsp3) is 0.167. The molecule has 0 aromatic heterocycles. The summed E-state index contributed by atoms with van der Waals surface area (Å²) in [6, 6.07) is 6.63. The molecule has 0 spiro atoms. The average molecular weight is 401 g/mol. The molecule has 0 radical (unpaired) electrons. The minimum atomic E-state index is -2.25. The highest BCUT2D eigenvalue weighted by molar-refractivity contribution is 8.02. The van der Waals surface area contributed by atoms with Crippen molar-refractivity contribution in [3.63, 3.8) is 0 Å². The van der Waals surface area contributed by atoms with Gasteiger partial charge in [-0.3, -0.25) is 0 Å². The van der Waals surface area contributed by atoms with Crippen LogP contribution >= 0.6 is 11.8 Å². The standard InChI is InChI=1S/C18H12F5NO2S/c1-25-12-4-3-9(5-13(12)26-2)8-27-10(7-24)6-11-14(19)16(21)18(23)17(22)15(11)20/h3-6H,8H2,1-2H3. The highest BCUT2D eigenvalue weighted by atomic mass is 32.2. The van der Waals surface area contributed by atoms with Gasteiger partial charge in [0.05, 0.1) is 24.7 Å². The van der Waals surface area contributed by atoms with Gasteiger partial charge in [-0.1, -0.05) is 6.07 Å². The highest BCUT2D eigenvalue weighted by Gasteiger charge is 2.24. The summed E-state index contributed by atoms with van der Waals surface area (Å²) in [5.41, 5.74) is -0.473. The van der Waals surface area contributed by atoms with E-state index >= 15 is 0 Å². The van der Waals surface area contributed by atoms with E-state index in [1.165, 1.54) is 14.2 Å². The third-order valence-electron chi connectivity index (χ3n) is 3.47. The third kappa shape index (κ3) is 4.34. The number of nitriles is 1. The molecule has 27 heavy (non-hydrogen) atoms. The summed E-state index contributed by atoms with van der Waals surface area (Å²) in [7, 11) is 2.91. The molecule has 2 rings (SSSR count). The van der Waals surface area contributed by atoms with Crippen molar-refractivity contribution in [3.05, 3.63) is 63.3 Å². The predicted octanol–water partition coefficient (Wildman–Crippen LogP) is 5.20. The minimum absolute atomic E-state index is 0.190.